The van der Waals surface area contributed by atoms with E-state index in [0.29, 0.717) is 11.3 Å². The lowest BCUT2D eigenvalue weighted by atomic mass is 9.66. The molecule has 0 saturated heterocycles. The van der Waals surface area contributed by atoms with E-state index in [1.54, 1.807) is 7.11 Å². The Morgan fingerprint density at radius 3 is 2.25 bits per heavy atom. The van der Waals surface area contributed by atoms with E-state index in [0.717, 1.165) is 42.6 Å². The first-order chi connectivity index (χ1) is 9.26. The van der Waals surface area contributed by atoms with Crippen molar-refractivity contribution in [2.45, 2.75) is 59.0 Å². The fourth-order valence-electron chi connectivity index (χ4n) is 3.52. The second kappa shape index (κ2) is 5.40. The molecular formula is C18H28O2. The van der Waals surface area contributed by atoms with Crippen LogP contribution in [-0.2, 0) is 5.60 Å². The van der Waals surface area contributed by atoms with E-state index >= 15 is 0 Å². The van der Waals surface area contributed by atoms with Gasteiger partial charge in [0.15, 0.2) is 0 Å². The van der Waals surface area contributed by atoms with Crippen molar-refractivity contribution in [3.8, 4) is 5.75 Å². The minimum absolute atomic E-state index is 0.344. The smallest absolute Gasteiger partial charge is 0.119 e. The van der Waals surface area contributed by atoms with Gasteiger partial charge in [-0.1, -0.05) is 26.8 Å². The first kappa shape index (κ1) is 15.4. The average molecular weight is 276 g/mol. The Bertz CT molecular complexity index is 463. The van der Waals surface area contributed by atoms with Crippen LogP contribution < -0.4 is 4.74 Å². The van der Waals surface area contributed by atoms with Crippen molar-refractivity contribution in [1.29, 1.82) is 0 Å². The second-order valence-electron chi connectivity index (χ2n) is 7.35. The summed E-state index contributed by atoms with van der Waals surface area (Å²) in [7, 11) is 1.68. The Balaban J connectivity index is 2.17. The van der Waals surface area contributed by atoms with Crippen LogP contribution in [0.3, 0.4) is 0 Å². The van der Waals surface area contributed by atoms with Crippen LogP contribution in [0.4, 0.5) is 0 Å². The summed E-state index contributed by atoms with van der Waals surface area (Å²) in [5, 5.41) is 11.0. The van der Waals surface area contributed by atoms with Crippen molar-refractivity contribution >= 4 is 0 Å². The van der Waals surface area contributed by atoms with E-state index < -0.39 is 5.60 Å². The van der Waals surface area contributed by atoms with Gasteiger partial charge in [0.25, 0.3) is 0 Å². The topological polar surface area (TPSA) is 29.5 Å². The summed E-state index contributed by atoms with van der Waals surface area (Å²) in [5.74, 6) is 1.57. The molecule has 1 saturated carbocycles. The molecule has 2 heteroatoms. The van der Waals surface area contributed by atoms with Crippen LogP contribution in [0.2, 0.25) is 0 Å². The van der Waals surface area contributed by atoms with Gasteiger partial charge in [0.2, 0.25) is 0 Å². The molecule has 1 fully saturated rings. The molecular weight excluding hydrogens is 248 g/mol. The SMILES string of the molecule is COc1ccc(C2(O)CCC(C(C)(C)C)CC2)c(C)c1. The third-order valence-corrected chi connectivity index (χ3v) is 4.97. The van der Waals surface area contributed by atoms with Gasteiger partial charge in [-0.3, -0.25) is 0 Å². The summed E-state index contributed by atoms with van der Waals surface area (Å²) in [6.45, 7) is 8.98. The highest BCUT2D eigenvalue weighted by Gasteiger charge is 2.39. The number of benzene rings is 1. The van der Waals surface area contributed by atoms with Crippen LogP contribution in [0.5, 0.6) is 5.75 Å². The Labute approximate surface area is 123 Å². The van der Waals surface area contributed by atoms with Gasteiger partial charge >= 0.3 is 0 Å². The fourth-order valence-corrected chi connectivity index (χ4v) is 3.52. The van der Waals surface area contributed by atoms with Crippen LogP contribution in [0.1, 0.15) is 57.6 Å². The molecule has 0 aromatic heterocycles. The van der Waals surface area contributed by atoms with Gasteiger partial charge in [0, 0.05) is 0 Å². The highest BCUT2D eigenvalue weighted by molar-refractivity contribution is 5.38. The van der Waals surface area contributed by atoms with Crippen molar-refractivity contribution in [2.75, 3.05) is 7.11 Å². The van der Waals surface area contributed by atoms with Crippen LogP contribution in [0.25, 0.3) is 0 Å². The number of aryl methyl sites for hydroxylation is 1. The molecule has 0 aliphatic heterocycles. The van der Waals surface area contributed by atoms with Gasteiger partial charge in [0.05, 0.1) is 12.7 Å². The van der Waals surface area contributed by atoms with E-state index in [2.05, 4.69) is 27.7 Å². The summed E-state index contributed by atoms with van der Waals surface area (Å²) >= 11 is 0. The lowest BCUT2D eigenvalue weighted by Crippen LogP contribution is -2.35. The molecule has 0 bridgehead atoms. The highest BCUT2D eigenvalue weighted by atomic mass is 16.5. The predicted molar refractivity (Wildman–Crippen MR) is 83.0 cm³/mol. The number of rotatable bonds is 2. The summed E-state index contributed by atoms with van der Waals surface area (Å²) in [5.41, 5.74) is 1.89. The minimum Gasteiger partial charge on any atom is -0.497 e. The van der Waals surface area contributed by atoms with Gasteiger partial charge in [0.1, 0.15) is 5.75 Å². The zero-order valence-electron chi connectivity index (χ0n) is 13.5. The predicted octanol–water partition coefficient (Wildman–Crippen LogP) is 4.43. The lowest BCUT2D eigenvalue weighted by molar-refractivity contribution is -0.0302. The molecule has 0 atom stereocenters. The number of aliphatic hydroxyl groups is 1. The van der Waals surface area contributed by atoms with Crippen molar-refractivity contribution in [1.82, 2.24) is 0 Å². The van der Waals surface area contributed by atoms with Crippen molar-refractivity contribution in [3.63, 3.8) is 0 Å². The van der Waals surface area contributed by atoms with Crippen molar-refractivity contribution < 1.29 is 9.84 Å². The molecule has 1 aromatic carbocycles. The highest BCUT2D eigenvalue weighted by Crippen LogP contribution is 2.46. The minimum atomic E-state index is -0.655. The molecule has 112 valence electrons. The maximum absolute atomic E-state index is 11.0. The van der Waals surface area contributed by atoms with Crippen LogP contribution in [0.15, 0.2) is 18.2 Å². The van der Waals surface area contributed by atoms with Crippen LogP contribution in [0, 0.1) is 18.3 Å². The molecule has 2 nitrogen and oxygen atoms in total. The van der Waals surface area contributed by atoms with Gasteiger partial charge in [-0.15, -0.1) is 0 Å². The monoisotopic (exact) mass is 276 g/mol. The van der Waals surface area contributed by atoms with E-state index in [-0.39, 0.29) is 0 Å². The van der Waals surface area contributed by atoms with Gasteiger partial charge in [-0.05, 0) is 67.2 Å². The lowest BCUT2D eigenvalue weighted by Gasteiger charge is -2.42. The van der Waals surface area contributed by atoms with Crippen molar-refractivity contribution in [3.05, 3.63) is 29.3 Å². The zero-order valence-corrected chi connectivity index (χ0v) is 13.5. The normalized spacial score (nSPS) is 27.4. The summed E-state index contributed by atoms with van der Waals surface area (Å²) in [6, 6.07) is 6.00. The maximum atomic E-state index is 11.0. The van der Waals surface area contributed by atoms with Gasteiger partial charge < -0.3 is 9.84 Å². The first-order valence-corrected chi connectivity index (χ1v) is 7.64. The van der Waals surface area contributed by atoms with E-state index in [4.69, 9.17) is 4.74 Å². The molecule has 1 aliphatic carbocycles. The molecule has 0 heterocycles. The Morgan fingerprint density at radius 2 is 1.80 bits per heavy atom. The van der Waals surface area contributed by atoms with Crippen LogP contribution in [-0.4, -0.2) is 12.2 Å². The molecule has 1 N–H and O–H groups in total. The Morgan fingerprint density at radius 1 is 1.20 bits per heavy atom. The third-order valence-electron chi connectivity index (χ3n) is 4.97. The molecule has 1 aromatic rings. The Hall–Kier alpha value is -1.02. The summed E-state index contributed by atoms with van der Waals surface area (Å²) in [6.07, 6.45) is 3.93. The largest absolute Gasteiger partial charge is 0.497 e. The fraction of sp³-hybridized carbons (Fsp3) is 0.667. The van der Waals surface area contributed by atoms with E-state index in [9.17, 15) is 5.11 Å². The van der Waals surface area contributed by atoms with E-state index in [1.165, 1.54) is 0 Å². The maximum Gasteiger partial charge on any atom is 0.119 e. The molecule has 0 unspecified atom stereocenters. The Kier molecular flexibility index (Phi) is 4.15. The number of hydrogen-bond donors (Lipinski definition) is 1. The van der Waals surface area contributed by atoms with Gasteiger partial charge in [-0.25, -0.2) is 0 Å². The molecule has 0 radical (unpaired) electrons. The molecule has 1 aliphatic rings. The summed E-state index contributed by atoms with van der Waals surface area (Å²) in [4.78, 5) is 0. The number of hydrogen-bond acceptors (Lipinski definition) is 2. The quantitative estimate of drug-likeness (QED) is 0.866. The average Bonchev–Trinajstić information content (AvgIpc) is 2.37. The molecule has 20 heavy (non-hydrogen) atoms. The number of methoxy groups -OCH3 is 1. The third kappa shape index (κ3) is 3.01. The zero-order chi connectivity index (χ0) is 15.0. The molecule has 2 rings (SSSR count). The second-order valence-corrected chi connectivity index (χ2v) is 7.35. The summed E-state index contributed by atoms with van der Waals surface area (Å²) < 4.78 is 5.25. The first-order valence-electron chi connectivity index (χ1n) is 7.64. The van der Waals surface area contributed by atoms with Gasteiger partial charge in [-0.2, -0.15) is 0 Å². The van der Waals surface area contributed by atoms with Crippen LogP contribution >= 0.6 is 0 Å². The number of ether oxygens (including phenoxy) is 1. The molecule has 0 spiro atoms. The standard InChI is InChI=1S/C18H28O2/c1-13-12-15(20-5)6-7-16(13)18(19)10-8-14(9-11-18)17(2,3)4/h6-7,12,14,19H,8-11H2,1-5H3. The van der Waals surface area contributed by atoms with Crippen molar-refractivity contribution in [2.24, 2.45) is 11.3 Å². The molecule has 0 amide bonds. The van der Waals surface area contributed by atoms with E-state index in [1.807, 2.05) is 18.2 Å².